The molecular weight excluding hydrogens is 519 g/mol. The summed E-state index contributed by atoms with van der Waals surface area (Å²) in [6, 6.07) is 7.62. The lowest BCUT2D eigenvalue weighted by Crippen LogP contribution is -2.46. The number of methoxy groups -OCH3 is 1. The molecule has 0 spiro atoms. The molecule has 1 saturated heterocycles. The number of benzene rings is 2. The van der Waals surface area contributed by atoms with Crippen molar-refractivity contribution in [1.82, 2.24) is 9.84 Å². The molecule has 1 heterocycles. The molecule has 0 bridgehead atoms. The minimum absolute atomic E-state index is 0.0419. The third kappa shape index (κ3) is 5.75. The highest BCUT2D eigenvalue weighted by molar-refractivity contribution is 7.89. The van der Waals surface area contributed by atoms with Crippen LogP contribution in [0.4, 0.5) is 11.4 Å². The van der Waals surface area contributed by atoms with E-state index in [2.05, 4.69) is 15.5 Å². The van der Waals surface area contributed by atoms with Crippen LogP contribution in [-0.4, -0.2) is 49.9 Å². The van der Waals surface area contributed by atoms with E-state index in [0.717, 1.165) is 12.8 Å². The van der Waals surface area contributed by atoms with E-state index < -0.39 is 20.7 Å². The molecule has 4 N–H and O–H groups in total. The molecule has 1 fully saturated rings. The number of hydrogen-bond acceptors (Lipinski definition) is 6. The lowest BCUT2D eigenvalue weighted by Gasteiger charge is -2.25. The van der Waals surface area contributed by atoms with Crippen LogP contribution in [0.15, 0.2) is 35.2 Å². The normalized spacial score (nSPS) is 16.8. The molecule has 0 amide bonds. The Morgan fingerprint density at radius 3 is 2.62 bits per heavy atom. The molecule has 2 aromatic rings. The number of sulfonamides is 1. The van der Waals surface area contributed by atoms with Gasteiger partial charge in [-0.3, -0.25) is 0 Å². The number of anilines is 2. The van der Waals surface area contributed by atoms with E-state index in [9.17, 15) is 13.5 Å². The summed E-state index contributed by atoms with van der Waals surface area (Å²) in [6.45, 7) is 0.883. The van der Waals surface area contributed by atoms with Gasteiger partial charge in [0.1, 0.15) is 4.90 Å². The standard InChI is InChI=1S/C19H21Cl3N4O4S2/c1-30-10-11-4-3-9-26(11)25-32(28,29)18-13(21)7-8-15(17(18)27)24-19(31)23-14-6-2-5-12(20)16(14)22/h2,5-8,11,25,27H,3-4,9-10H2,1H3,(H2,23,24,31). The van der Waals surface area contributed by atoms with Crippen molar-refractivity contribution >= 4 is 73.5 Å². The Morgan fingerprint density at radius 1 is 1.19 bits per heavy atom. The quantitative estimate of drug-likeness (QED) is 0.302. The molecule has 8 nitrogen and oxygen atoms in total. The van der Waals surface area contributed by atoms with Gasteiger partial charge in [-0.2, -0.15) is 0 Å². The van der Waals surface area contributed by atoms with Crippen LogP contribution in [0, 0.1) is 0 Å². The van der Waals surface area contributed by atoms with Gasteiger partial charge in [0.15, 0.2) is 10.9 Å². The van der Waals surface area contributed by atoms with E-state index in [4.69, 9.17) is 51.8 Å². The number of halogens is 3. The monoisotopic (exact) mass is 538 g/mol. The summed E-state index contributed by atoms with van der Waals surface area (Å²) in [6.07, 6.45) is 1.59. The first-order valence-corrected chi connectivity index (χ1v) is 12.5. The molecule has 32 heavy (non-hydrogen) atoms. The van der Waals surface area contributed by atoms with Crippen LogP contribution in [0.5, 0.6) is 5.75 Å². The molecular formula is C19H21Cl3N4O4S2. The average molecular weight is 540 g/mol. The van der Waals surface area contributed by atoms with Gasteiger partial charge in [-0.1, -0.05) is 40.9 Å². The van der Waals surface area contributed by atoms with Crippen molar-refractivity contribution in [3.63, 3.8) is 0 Å². The molecule has 174 valence electrons. The number of thiocarbonyl (C=S) groups is 1. The Kier molecular flexibility index (Phi) is 8.45. The van der Waals surface area contributed by atoms with Crippen LogP contribution in [0.2, 0.25) is 15.1 Å². The van der Waals surface area contributed by atoms with Crippen LogP contribution < -0.4 is 15.5 Å². The number of ether oxygens (including phenoxy) is 1. The third-order valence-corrected chi connectivity index (χ3v) is 7.65. The average Bonchev–Trinajstić information content (AvgIpc) is 3.14. The van der Waals surface area contributed by atoms with Crippen LogP contribution in [0.1, 0.15) is 12.8 Å². The minimum atomic E-state index is -4.19. The summed E-state index contributed by atoms with van der Waals surface area (Å²) < 4.78 is 31.2. The van der Waals surface area contributed by atoms with Crippen molar-refractivity contribution in [2.45, 2.75) is 23.8 Å². The van der Waals surface area contributed by atoms with Crippen molar-refractivity contribution in [2.75, 3.05) is 30.9 Å². The fourth-order valence-electron chi connectivity index (χ4n) is 3.30. The molecule has 0 aliphatic carbocycles. The molecule has 2 aromatic carbocycles. The van der Waals surface area contributed by atoms with Gasteiger partial charge in [0, 0.05) is 19.7 Å². The Morgan fingerprint density at radius 2 is 1.91 bits per heavy atom. The summed E-state index contributed by atoms with van der Waals surface area (Å²) in [4.78, 5) is 2.03. The fraction of sp³-hybridized carbons (Fsp3) is 0.316. The van der Waals surface area contributed by atoms with Crippen LogP contribution in [-0.2, 0) is 14.8 Å². The first-order valence-electron chi connectivity index (χ1n) is 9.45. The van der Waals surface area contributed by atoms with Crippen molar-refractivity contribution in [2.24, 2.45) is 0 Å². The number of rotatable bonds is 7. The summed E-state index contributed by atoms with van der Waals surface area (Å²) in [5.41, 5.74) is 0.484. The van der Waals surface area contributed by atoms with E-state index in [1.807, 2.05) is 0 Å². The van der Waals surface area contributed by atoms with E-state index >= 15 is 0 Å². The number of phenolic OH excluding ortho intramolecular Hbond substituents is 1. The van der Waals surface area contributed by atoms with Crippen molar-refractivity contribution < 1.29 is 18.3 Å². The van der Waals surface area contributed by atoms with Gasteiger partial charge >= 0.3 is 0 Å². The SMILES string of the molecule is COCC1CCCN1NS(=O)(=O)c1c(Cl)ccc(NC(=S)Nc2cccc(Cl)c2Cl)c1O. The Labute approximate surface area is 206 Å². The van der Waals surface area contributed by atoms with E-state index in [1.165, 1.54) is 12.1 Å². The molecule has 0 radical (unpaired) electrons. The number of phenols is 1. The fourth-order valence-corrected chi connectivity index (χ4v) is 5.66. The van der Waals surface area contributed by atoms with Crippen LogP contribution in [0.3, 0.4) is 0 Å². The molecule has 1 aliphatic rings. The second-order valence-corrected chi connectivity index (χ2v) is 10.2. The number of nitrogens with zero attached hydrogens (tertiary/aromatic N) is 1. The van der Waals surface area contributed by atoms with Gasteiger partial charge < -0.3 is 20.5 Å². The maximum Gasteiger partial charge on any atom is 0.258 e. The van der Waals surface area contributed by atoms with Crippen molar-refractivity contribution in [3.05, 3.63) is 45.4 Å². The van der Waals surface area contributed by atoms with Gasteiger partial charge in [0.05, 0.1) is 33.0 Å². The first kappa shape index (κ1) is 25.3. The zero-order valence-corrected chi connectivity index (χ0v) is 20.8. The smallest absolute Gasteiger partial charge is 0.258 e. The maximum atomic E-state index is 13.0. The summed E-state index contributed by atoms with van der Waals surface area (Å²) in [5.74, 6) is -0.575. The predicted octanol–water partition coefficient (Wildman–Crippen LogP) is 4.47. The largest absolute Gasteiger partial charge is 0.504 e. The van der Waals surface area contributed by atoms with Gasteiger partial charge in [-0.05, 0) is 49.3 Å². The lowest BCUT2D eigenvalue weighted by molar-refractivity contribution is 0.104. The highest BCUT2D eigenvalue weighted by Crippen LogP contribution is 2.37. The van der Waals surface area contributed by atoms with E-state index in [-0.39, 0.29) is 26.9 Å². The minimum Gasteiger partial charge on any atom is -0.504 e. The Bertz CT molecular complexity index is 1120. The summed E-state index contributed by atoms with van der Waals surface area (Å²) in [5, 5.41) is 18.4. The first-order chi connectivity index (χ1) is 15.1. The molecule has 1 aliphatic heterocycles. The predicted molar refractivity (Wildman–Crippen MR) is 131 cm³/mol. The van der Waals surface area contributed by atoms with E-state index in [1.54, 1.807) is 30.3 Å². The summed E-state index contributed by atoms with van der Waals surface area (Å²) in [7, 11) is -2.64. The lowest BCUT2D eigenvalue weighted by atomic mass is 10.2. The molecule has 1 unspecified atom stereocenters. The second-order valence-electron chi connectivity index (χ2n) is 6.99. The maximum absolute atomic E-state index is 13.0. The molecule has 0 aromatic heterocycles. The Balaban J connectivity index is 1.82. The van der Waals surface area contributed by atoms with Crippen molar-refractivity contribution in [3.8, 4) is 5.75 Å². The van der Waals surface area contributed by atoms with Crippen molar-refractivity contribution in [1.29, 1.82) is 0 Å². The second kappa shape index (κ2) is 10.7. The summed E-state index contributed by atoms with van der Waals surface area (Å²) >= 11 is 23.5. The van der Waals surface area contributed by atoms with Gasteiger partial charge in [0.2, 0.25) is 0 Å². The molecule has 13 heteroatoms. The van der Waals surface area contributed by atoms with Crippen LogP contribution in [0.25, 0.3) is 0 Å². The topological polar surface area (TPSA) is 103 Å². The van der Waals surface area contributed by atoms with Crippen LogP contribution >= 0.6 is 47.0 Å². The third-order valence-electron chi connectivity index (χ3n) is 4.77. The Hall–Kier alpha value is -1.37. The van der Waals surface area contributed by atoms with Gasteiger partial charge in [0.25, 0.3) is 10.0 Å². The number of hydrazine groups is 1. The highest BCUT2D eigenvalue weighted by atomic mass is 35.5. The molecule has 0 saturated carbocycles. The number of hydrogen-bond donors (Lipinski definition) is 4. The highest BCUT2D eigenvalue weighted by Gasteiger charge is 2.32. The number of nitrogens with one attached hydrogen (secondary N) is 3. The molecule has 3 rings (SSSR count). The van der Waals surface area contributed by atoms with E-state index in [0.29, 0.717) is 23.9 Å². The number of aromatic hydroxyl groups is 1. The van der Waals surface area contributed by atoms with Gasteiger partial charge in [-0.15, -0.1) is 4.83 Å². The molecule has 1 atom stereocenters. The zero-order chi connectivity index (χ0) is 23.5. The zero-order valence-electron chi connectivity index (χ0n) is 16.9. The van der Waals surface area contributed by atoms with Gasteiger partial charge in [-0.25, -0.2) is 13.4 Å².